The molecule has 0 bridgehead atoms. The molecule has 0 heterocycles. The first-order valence-corrected chi connectivity index (χ1v) is 5.31. The van der Waals surface area contributed by atoms with Gasteiger partial charge in [0.05, 0.1) is 11.0 Å². The Labute approximate surface area is 103 Å². The zero-order valence-electron chi connectivity index (χ0n) is 9.45. The summed E-state index contributed by atoms with van der Waals surface area (Å²) in [7, 11) is 0. The summed E-state index contributed by atoms with van der Waals surface area (Å²) in [4.78, 5) is 10.2. The van der Waals surface area contributed by atoms with Crippen molar-refractivity contribution >= 4 is 5.69 Å². The highest BCUT2D eigenvalue weighted by molar-refractivity contribution is 5.50. The van der Waals surface area contributed by atoms with Crippen LogP contribution in [-0.2, 0) is 6.61 Å². The van der Waals surface area contributed by atoms with Crippen molar-refractivity contribution in [3.63, 3.8) is 0 Å². The predicted octanol–water partition coefficient (Wildman–Crippen LogP) is 2.88. The lowest BCUT2D eigenvalue weighted by Gasteiger charge is -2.06. The summed E-state index contributed by atoms with van der Waals surface area (Å²) in [6.45, 7) is 0.243. The summed E-state index contributed by atoms with van der Waals surface area (Å²) in [5, 5.41) is 20.0. The van der Waals surface area contributed by atoms with E-state index in [1.54, 1.807) is 0 Å². The van der Waals surface area contributed by atoms with E-state index >= 15 is 0 Å². The van der Waals surface area contributed by atoms with Crippen LogP contribution in [0.25, 0.3) is 0 Å². The van der Waals surface area contributed by atoms with Crippen LogP contribution in [0, 0.1) is 10.1 Å². The minimum atomic E-state index is -0.583. The number of nitrogens with zero attached hydrogens (tertiary/aromatic N) is 1. The predicted molar refractivity (Wildman–Crippen MR) is 65.5 cm³/mol. The fraction of sp³-hybridized carbons (Fsp3) is 0.0769. The smallest absolute Gasteiger partial charge is 0.314 e. The molecular weight excluding hydrogens is 234 g/mol. The Hall–Kier alpha value is -2.56. The van der Waals surface area contributed by atoms with Crippen LogP contribution >= 0.6 is 0 Å². The summed E-state index contributed by atoms with van der Waals surface area (Å²) >= 11 is 0. The van der Waals surface area contributed by atoms with Gasteiger partial charge in [-0.2, -0.15) is 0 Å². The fourth-order valence-electron chi connectivity index (χ4n) is 1.51. The van der Waals surface area contributed by atoms with Crippen molar-refractivity contribution in [2.24, 2.45) is 0 Å². The summed E-state index contributed by atoms with van der Waals surface area (Å²) in [5.41, 5.74) is 0.672. The molecule has 1 N–H and O–H groups in total. The van der Waals surface area contributed by atoms with E-state index < -0.39 is 4.92 Å². The average molecular weight is 245 g/mol. The van der Waals surface area contributed by atoms with Crippen molar-refractivity contribution in [1.29, 1.82) is 0 Å². The van der Waals surface area contributed by atoms with Crippen molar-refractivity contribution in [2.75, 3.05) is 0 Å². The van der Waals surface area contributed by atoms with Crippen LogP contribution in [0.2, 0.25) is 0 Å². The van der Waals surface area contributed by atoms with Gasteiger partial charge >= 0.3 is 5.69 Å². The van der Waals surface area contributed by atoms with Gasteiger partial charge in [0.2, 0.25) is 0 Å². The van der Waals surface area contributed by atoms with Gasteiger partial charge in [0.1, 0.15) is 12.4 Å². The molecule has 18 heavy (non-hydrogen) atoms. The molecule has 0 atom stereocenters. The Balaban J connectivity index is 2.17. The number of ether oxygens (including phenoxy) is 1. The number of rotatable bonds is 4. The van der Waals surface area contributed by atoms with Gasteiger partial charge in [0, 0.05) is 0 Å². The van der Waals surface area contributed by atoms with Crippen LogP contribution in [-0.4, -0.2) is 10.0 Å². The van der Waals surface area contributed by atoms with Crippen LogP contribution < -0.4 is 4.74 Å². The van der Waals surface area contributed by atoms with E-state index in [2.05, 4.69) is 0 Å². The van der Waals surface area contributed by atoms with Crippen molar-refractivity contribution in [2.45, 2.75) is 6.61 Å². The minimum Gasteiger partial charge on any atom is -0.508 e. The average Bonchev–Trinajstić information content (AvgIpc) is 2.38. The molecule has 0 aliphatic rings. The van der Waals surface area contributed by atoms with E-state index in [0.29, 0.717) is 0 Å². The first-order valence-electron chi connectivity index (χ1n) is 5.31. The Morgan fingerprint density at radius 2 is 1.89 bits per heavy atom. The number of hydrogen-bond acceptors (Lipinski definition) is 4. The van der Waals surface area contributed by atoms with E-state index in [9.17, 15) is 15.2 Å². The second kappa shape index (κ2) is 5.18. The summed E-state index contributed by atoms with van der Waals surface area (Å²) in [6.07, 6.45) is 0. The molecule has 0 spiro atoms. The molecule has 0 amide bonds. The summed E-state index contributed by atoms with van der Waals surface area (Å²) < 4.78 is 5.39. The van der Waals surface area contributed by atoms with Crippen LogP contribution in [0.5, 0.6) is 11.5 Å². The second-order valence-corrected chi connectivity index (χ2v) is 3.68. The number of hydrogen-bond donors (Lipinski definition) is 1. The third-order valence-electron chi connectivity index (χ3n) is 2.38. The minimum absolute atomic E-state index is 0.140. The van der Waals surface area contributed by atoms with Gasteiger partial charge in [0.25, 0.3) is 0 Å². The van der Waals surface area contributed by atoms with E-state index in [1.807, 2.05) is 30.3 Å². The molecule has 0 radical (unpaired) electrons. The zero-order valence-corrected chi connectivity index (χ0v) is 9.45. The number of phenolic OH excluding ortho intramolecular Hbond substituents is 1. The first-order chi connectivity index (χ1) is 8.66. The highest BCUT2D eigenvalue weighted by atomic mass is 16.6. The number of nitro benzene ring substituents is 1. The number of benzene rings is 2. The standard InChI is InChI=1S/C13H11NO4/c15-11-6-7-13(12(8-11)14(16)17)18-9-10-4-2-1-3-5-10/h1-8,15H,9H2. The van der Waals surface area contributed by atoms with Gasteiger partial charge in [-0.25, -0.2) is 0 Å². The third-order valence-corrected chi connectivity index (χ3v) is 2.38. The number of nitro groups is 1. The second-order valence-electron chi connectivity index (χ2n) is 3.68. The summed E-state index contributed by atoms with van der Waals surface area (Å²) in [6, 6.07) is 13.2. The van der Waals surface area contributed by atoms with E-state index in [-0.39, 0.29) is 23.8 Å². The molecule has 0 fully saturated rings. The maximum atomic E-state index is 10.8. The van der Waals surface area contributed by atoms with Crippen LogP contribution in [0.1, 0.15) is 5.56 Å². The quantitative estimate of drug-likeness (QED) is 0.664. The van der Waals surface area contributed by atoms with Crippen molar-refractivity contribution in [3.05, 3.63) is 64.2 Å². The lowest BCUT2D eigenvalue weighted by molar-refractivity contribution is -0.386. The van der Waals surface area contributed by atoms with Crippen molar-refractivity contribution < 1.29 is 14.8 Å². The fourth-order valence-corrected chi connectivity index (χ4v) is 1.51. The molecule has 0 unspecified atom stereocenters. The van der Waals surface area contributed by atoms with Gasteiger partial charge < -0.3 is 9.84 Å². The van der Waals surface area contributed by atoms with Crippen LogP contribution in [0.3, 0.4) is 0 Å². The van der Waals surface area contributed by atoms with Gasteiger partial charge in [-0.15, -0.1) is 0 Å². The maximum absolute atomic E-state index is 10.8. The monoisotopic (exact) mass is 245 g/mol. The largest absolute Gasteiger partial charge is 0.508 e. The van der Waals surface area contributed by atoms with Crippen molar-refractivity contribution in [3.8, 4) is 11.5 Å². The molecule has 5 heteroatoms. The third kappa shape index (κ3) is 2.76. The molecule has 5 nitrogen and oxygen atoms in total. The molecule has 0 saturated carbocycles. The van der Waals surface area contributed by atoms with Crippen LogP contribution in [0.15, 0.2) is 48.5 Å². The van der Waals surface area contributed by atoms with E-state index in [0.717, 1.165) is 11.6 Å². The Bertz CT molecular complexity index is 554. The molecule has 0 aromatic heterocycles. The molecule has 92 valence electrons. The zero-order chi connectivity index (χ0) is 13.0. The Kier molecular flexibility index (Phi) is 3.43. The van der Waals surface area contributed by atoms with Gasteiger partial charge in [-0.1, -0.05) is 30.3 Å². The highest BCUT2D eigenvalue weighted by Crippen LogP contribution is 2.30. The molecule has 0 saturated heterocycles. The molecule has 0 aliphatic heterocycles. The lowest BCUT2D eigenvalue weighted by Crippen LogP contribution is -1.98. The van der Waals surface area contributed by atoms with Gasteiger partial charge in [-0.05, 0) is 17.7 Å². The van der Waals surface area contributed by atoms with Gasteiger partial charge in [0.15, 0.2) is 5.75 Å². The maximum Gasteiger partial charge on any atom is 0.314 e. The highest BCUT2D eigenvalue weighted by Gasteiger charge is 2.15. The molecular formula is C13H11NO4. The molecule has 2 aromatic carbocycles. The van der Waals surface area contributed by atoms with E-state index in [4.69, 9.17) is 4.74 Å². The van der Waals surface area contributed by atoms with Gasteiger partial charge in [-0.3, -0.25) is 10.1 Å². The topological polar surface area (TPSA) is 72.6 Å². The number of aromatic hydroxyl groups is 1. The van der Waals surface area contributed by atoms with Crippen molar-refractivity contribution in [1.82, 2.24) is 0 Å². The molecule has 0 aliphatic carbocycles. The normalized spacial score (nSPS) is 10.0. The molecule has 2 rings (SSSR count). The number of phenols is 1. The first kappa shape index (κ1) is 11.9. The lowest BCUT2D eigenvalue weighted by atomic mass is 10.2. The summed E-state index contributed by atoms with van der Waals surface area (Å²) in [5.74, 6) is -0.0181. The Morgan fingerprint density at radius 3 is 2.56 bits per heavy atom. The van der Waals surface area contributed by atoms with Crippen LogP contribution in [0.4, 0.5) is 5.69 Å². The molecule has 2 aromatic rings. The Morgan fingerprint density at radius 1 is 1.17 bits per heavy atom. The van der Waals surface area contributed by atoms with E-state index in [1.165, 1.54) is 12.1 Å². The SMILES string of the molecule is O=[N+]([O-])c1cc(O)ccc1OCc1ccccc1.